The molecule has 2 aromatic rings. The van der Waals surface area contributed by atoms with Gasteiger partial charge in [0.1, 0.15) is 0 Å². The topological polar surface area (TPSA) is 111 Å². The molecule has 1 spiro atoms. The fourth-order valence-corrected chi connectivity index (χ4v) is 4.94. The number of fused-ring (bicyclic) bond motifs is 2. The maximum atomic E-state index is 13.0. The van der Waals surface area contributed by atoms with Gasteiger partial charge in [0.25, 0.3) is 5.91 Å². The average Bonchev–Trinajstić information content (AvgIpc) is 3.23. The van der Waals surface area contributed by atoms with Crippen LogP contribution in [0.15, 0.2) is 35.2 Å². The Morgan fingerprint density at radius 3 is 2.13 bits per heavy atom. The van der Waals surface area contributed by atoms with Crippen LogP contribution in [0.3, 0.4) is 0 Å². The van der Waals surface area contributed by atoms with Gasteiger partial charge in [0.2, 0.25) is 0 Å². The third-order valence-corrected chi connectivity index (χ3v) is 6.87. The molecule has 1 saturated heterocycles. The molecule has 1 saturated carbocycles. The molecule has 0 aromatic carbocycles. The van der Waals surface area contributed by atoms with E-state index >= 15 is 0 Å². The standard InChI is InChI=1S/C19H21N3OS.2C2HF3O2/c23-18(15-5-9-24-11-15)22-13-19(17-16(22)2-1-7-20-17)6-8-21(12-19)10-14-3-4-14;2*3-2(4,5)1(6)7/h1-2,5,7,9,11,14H,3-4,6,8,10,12-13H2;2*(H,6,7). The van der Waals surface area contributed by atoms with Crippen LogP contribution >= 0.6 is 11.3 Å². The molecular weight excluding hydrogens is 544 g/mol. The van der Waals surface area contributed by atoms with Crippen LogP contribution in [0.25, 0.3) is 0 Å². The van der Waals surface area contributed by atoms with Gasteiger partial charge in [0.15, 0.2) is 0 Å². The van der Waals surface area contributed by atoms with Gasteiger partial charge in [-0.2, -0.15) is 37.7 Å². The summed E-state index contributed by atoms with van der Waals surface area (Å²) in [7, 11) is 0. The van der Waals surface area contributed by atoms with E-state index in [0.717, 1.165) is 48.9 Å². The minimum absolute atomic E-state index is 0.0250. The number of nitrogens with zero attached hydrogens (tertiary/aromatic N) is 3. The number of carboxylic acids is 2. The van der Waals surface area contributed by atoms with Crippen molar-refractivity contribution in [2.24, 2.45) is 5.92 Å². The summed E-state index contributed by atoms with van der Waals surface area (Å²) in [4.78, 5) is 40.0. The SMILES string of the molecule is O=C(O)C(F)(F)F.O=C(O)C(F)(F)F.O=C(c1ccsc1)N1CC2(CCN(CC3CC3)C2)c2ncccc21. The van der Waals surface area contributed by atoms with Crippen LogP contribution in [-0.2, 0) is 15.0 Å². The van der Waals surface area contributed by atoms with Gasteiger partial charge in [0, 0.05) is 36.6 Å². The van der Waals surface area contributed by atoms with Crippen molar-refractivity contribution in [3.63, 3.8) is 0 Å². The lowest BCUT2D eigenvalue weighted by Gasteiger charge is -2.25. The number of hydrogen-bond donors (Lipinski definition) is 2. The number of aromatic nitrogens is 1. The Morgan fingerprint density at radius 2 is 1.63 bits per heavy atom. The summed E-state index contributed by atoms with van der Waals surface area (Å²) in [6, 6.07) is 5.93. The summed E-state index contributed by atoms with van der Waals surface area (Å²) in [5.74, 6) is -4.49. The van der Waals surface area contributed by atoms with Crippen LogP contribution in [0.1, 0.15) is 35.3 Å². The van der Waals surface area contributed by atoms with Gasteiger partial charge in [0.05, 0.1) is 16.9 Å². The van der Waals surface area contributed by atoms with Crippen molar-refractivity contribution in [3.05, 3.63) is 46.4 Å². The Balaban J connectivity index is 0.000000239. The quantitative estimate of drug-likeness (QED) is 0.529. The maximum Gasteiger partial charge on any atom is 0.490 e. The first-order valence-corrected chi connectivity index (χ1v) is 12.2. The summed E-state index contributed by atoms with van der Waals surface area (Å²) >= 11 is 1.57. The normalized spacial score (nSPS) is 20.7. The fraction of sp³-hybridized carbons (Fsp3) is 0.478. The summed E-state index contributed by atoms with van der Waals surface area (Å²) in [6.45, 7) is 4.17. The van der Waals surface area contributed by atoms with Crippen LogP contribution in [0, 0.1) is 5.92 Å². The Kier molecular flexibility index (Phi) is 8.71. The van der Waals surface area contributed by atoms with E-state index in [4.69, 9.17) is 24.8 Å². The number of carbonyl (C=O) groups excluding carboxylic acids is 1. The lowest BCUT2D eigenvalue weighted by atomic mass is 9.85. The van der Waals surface area contributed by atoms with Crippen molar-refractivity contribution in [1.29, 1.82) is 0 Å². The van der Waals surface area contributed by atoms with E-state index in [0.29, 0.717) is 0 Å². The van der Waals surface area contributed by atoms with Crippen molar-refractivity contribution in [3.8, 4) is 0 Å². The second-order valence-electron chi connectivity index (χ2n) is 9.09. The van der Waals surface area contributed by atoms with Crippen molar-refractivity contribution >= 4 is 34.9 Å². The van der Waals surface area contributed by atoms with Gasteiger partial charge in [-0.05, 0) is 55.3 Å². The molecule has 208 valence electrons. The molecule has 1 atom stereocenters. The number of carbonyl (C=O) groups is 3. The van der Waals surface area contributed by atoms with E-state index in [2.05, 4.69) is 11.0 Å². The van der Waals surface area contributed by atoms with E-state index in [1.807, 2.05) is 34.0 Å². The predicted octanol–water partition coefficient (Wildman–Crippen LogP) is 4.42. The third kappa shape index (κ3) is 7.22. The molecule has 2 fully saturated rings. The van der Waals surface area contributed by atoms with Crippen LogP contribution in [0.5, 0.6) is 0 Å². The van der Waals surface area contributed by atoms with Crippen molar-refractivity contribution in [2.75, 3.05) is 31.1 Å². The first-order valence-electron chi connectivity index (χ1n) is 11.3. The highest BCUT2D eigenvalue weighted by atomic mass is 32.1. The van der Waals surface area contributed by atoms with Crippen LogP contribution in [-0.4, -0.2) is 76.5 Å². The number of likely N-dealkylation sites (tertiary alicyclic amines) is 1. The van der Waals surface area contributed by atoms with Gasteiger partial charge >= 0.3 is 24.3 Å². The zero-order valence-corrected chi connectivity index (χ0v) is 20.4. The smallest absolute Gasteiger partial charge is 0.475 e. The average molecular weight is 568 g/mol. The molecule has 15 heteroatoms. The minimum Gasteiger partial charge on any atom is -0.475 e. The predicted molar refractivity (Wildman–Crippen MR) is 123 cm³/mol. The highest BCUT2D eigenvalue weighted by Crippen LogP contribution is 2.46. The number of pyridine rings is 1. The van der Waals surface area contributed by atoms with E-state index in [9.17, 15) is 31.1 Å². The molecular formula is C23H23F6N3O5S. The summed E-state index contributed by atoms with van der Waals surface area (Å²) in [5, 5.41) is 18.2. The highest BCUT2D eigenvalue weighted by molar-refractivity contribution is 7.08. The zero-order chi connectivity index (χ0) is 28.3. The molecule has 8 nitrogen and oxygen atoms in total. The van der Waals surface area contributed by atoms with Crippen LogP contribution < -0.4 is 4.90 Å². The molecule has 5 rings (SSSR count). The van der Waals surface area contributed by atoms with E-state index < -0.39 is 24.3 Å². The Hall–Kier alpha value is -3.20. The number of carboxylic acid groups (broad SMARTS) is 2. The summed E-state index contributed by atoms with van der Waals surface area (Å²) in [5.41, 5.74) is 2.96. The molecule has 1 aliphatic carbocycles. The van der Waals surface area contributed by atoms with Gasteiger partial charge in [-0.15, -0.1) is 0 Å². The Labute approximate surface area is 216 Å². The molecule has 2 aromatic heterocycles. The number of anilines is 1. The molecule has 0 radical (unpaired) electrons. The number of thiophene rings is 1. The molecule has 3 aliphatic rings. The van der Waals surface area contributed by atoms with Crippen LogP contribution in [0.4, 0.5) is 32.0 Å². The maximum absolute atomic E-state index is 13.0. The minimum atomic E-state index is -5.08. The van der Waals surface area contributed by atoms with Gasteiger partial charge in [-0.3, -0.25) is 9.78 Å². The summed E-state index contributed by atoms with van der Waals surface area (Å²) in [6.07, 6.45) is -4.40. The number of amides is 1. The Bertz CT molecular complexity index is 1130. The van der Waals surface area contributed by atoms with Gasteiger partial charge < -0.3 is 20.0 Å². The van der Waals surface area contributed by atoms with Crippen molar-refractivity contribution in [2.45, 2.75) is 37.0 Å². The second kappa shape index (κ2) is 11.3. The molecule has 38 heavy (non-hydrogen) atoms. The summed E-state index contributed by atoms with van der Waals surface area (Å²) < 4.78 is 63.5. The van der Waals surface area contributed by atoms with E-state index in [1.54, 1.807) is 11.3 Å². The van der Waals surface area contributed by atoms with E-state index in [-0.39, 0.29) is 11.3 Å². The zero-order valence-electron chi connectivity index (χ0n) is 19.6. The lowest BCUT2D eigenvalue weighted by molar-refractivity contribution is -0.193. The van der Waals surface area contributed by atoms with Crippen molar-refractivity contribution in [1.82, 2.24) is 9.88 Å². The number of alkyl halides is 6. The number of hydrogen-bond acceptors (Lipinski definition) is 6. The van der Waals surface area contributed by atoms with Gasteiger partial charge in [-0.25, -0.2) is 9.59 Å². The van der Waals surface area contributed by atoms with Crippen LogP contribution in [0.2, 0.25) is 0 Å². The monoisotopic (exact) mass is 567 g/mol. The first kappa shape index (κ1) is 29.4. The lowest BCUT2D eigenvalue weighted by Crippen LogP contribution is -2.39. The van der Waals surface area contributed by atoms with Gasteiger partial charge in [-0.1, -0.05) is 0 Å². The van der Waals surface area contributed by atoms with E-state index in [1.165, 1.54) is 19.4 Å². The highest BCUT2D eigenvalue weighted by Gasteiger charge is 2.50. The molecule has 0 bridgehead atoms. The molecule has 1 unspecified atom stereocenters. The largest absolute Gasteiger partial charge is 0.490 e. The Morgan fingerprint density at radius 1 is 1.03 bits per heavy atom. The molecule has 2 N–H and O–H groups in total. The number of rotatable bonds is 3. The first-order chi connectivity index (χ1) is 17.6. The fourth-order valence-electron chi connectivity index (χ4n) is 4.31. The second-order valence-corrected chi connectivity index (χ2v) is 9.87. The molecule has 2 aliphatic heterocycles. The van der Waals surface area contributed by atoms with Crippen molar-refractivity contribution < 1.29 is 50.9 Å². The molecule has 4 heterocycles. The molecule has 1 amide bonds. The third-order valence-electron chi connectivity index (χ3n) is 6.18. The number of halogens is 6. The number of aliphatic carboxylic acids is 2.